The fourth-order valence-corrected chi connectivity index (χ4v) is 4.86. The number of H-pyrrole nitrogens is 1. The van der Waals surface area contributed by atoms with Crippen LogP contribution >= 0.6 is 0 Å². The molecule has 3 N–H and O–H groups in total. The van der Waals surface area contributed by atoms with Crippen LogP contribution in [-0.4, -0.2) is 38.0 Å². The maximum absolute atomic E-state index is 6.43. The first-order valence-corrected chi connectivity index (χ1v) is 15.3. The minimum atomic E-state index is -1.84. The van der Waals surface area contributed by atoms with Gasteiger partial charge in [-0.25, -0.2) is 15.0 Å². The third kappa shape index (κ3) is 4.79. The van der Waals surface area contributed by atoms with Crippen LogP contribution in [0.4, 0.5) is 5.82 Å². The highest BCUT2D eigenvalue weighted by Crippen LogP contribution is 2.37. The number of aromatic nitrogens is 6. The van der Waals surface area contributed by atoms with Crippen molar-refractivity contribution in [3.63, 3.8) is 0 Å². The summed E-state index contributed by atoms with van der Waals surface area (Å²) in [4.78, 5) is 14.2. The number of rotatable bonds is 6. The molecule has 0 unspecified atom stereocenters. The van der Waals surface area contributed by atoms with Gasteiger partial charge in [0.1, 0.15) is 17.0 Å². The van der Waals surface area contributed by atoms with E-state index in [0.717, 1.165) is 45.1 Å². The van der Waals surface area contributed by atoms with Gasteiger partial charge in [0, 0.05) is 17.6 Å². The molecule has 1 aromatic carbocycles. The van der Waals surface area contributed by atoms with Crippen LogP contribution in [0, 0.1) is 6.92 Å². The number of hydrogen-bond acceptors (Lipinski definition) is 6. The van der Waals surface area contributed by atoms with E-state index in [9.17, 15) is 0 Å². The molecule has 37 heavy (non-hydrogen) atoms. The molecule has 0 radical (unpaired) electrons. The summed E-state index contributed by atoms with van der Waals surface area (Å²) >= 11 is 0. The molecule has 0 aliphatic heterocycles. The van der Waals surface area contributed by atoms with Gasteiger partial charge in [0.15, 0.2) is 19.8 Å². The van der Waals surface area contributed by atoms with Crippen LogP contribution in [0.5, 0.6) is 0 Å². The quantitative estimate of drug-likeness (QED) is 0.260. The Balaban J connectivity index is 1.59. The number of aryl methyl sites for hydroxylation is 1. The maximum atomic E-state index is 6.43. The Morgan fingerprint density at radius 3 is 2.41 bits per heavy atom. The van der Waals surface area contributed by atoms with Gasteiger partial charge in [-0.1, -0.05) is 32.9 Å². The third-order valence-electron chi connectivity index (χ3n) is 7.15. The Hall–Kier alpha value is -3.82. The zero-order chi connectivity index (χ0) is 26.4. The Morgan fingerprint density at radius 2 is 1.76 bits per heavy atom. The number of fused-ring (bicyclic) bond motifs is 1. The molecule has 8 nitrogen and oxygen atoms in total. The van der Waals surface area contributed by atoms with Gasteiger partial charge in [-0.15, -0.1) is 0 Å². The molecule has 0 bridgehead atoms. The molecule has 0 aliphatic rings. The van der Waals surface area contributed by atoms with Gasteiger partial charge in [0.2, 0.25) is 0 Å². The van der Waals surface area contributed by atoms with Crippen molar-refractivity contribution in [2.24, 2.45) is 0 Å². The van der Waals surface area contributed by atoms with Crippen LogP contribution in [0.25, 0.3) is 39.6 Å². The minimum absolute atomic E-state index is 0.164. The van der Waals surface area contributed by atoms with Crippen LogP contribution in [0.3, 0.4) is 0 Å². The fraction of sp³-hybridized carbons (Fsp3) is 0.286. The van der Waals surface area contributed by atoms with E-state index in [1.807, 2.05) is 41.8 Å². The highest BCUT2D eigenvalue weighted by Gasteiger charge is 2.37. The Morgan fingerprint density at radius 1 is 1.00 bits per heavy atom. The highest BCUT2D eigenvalue weighted by molar-refractivity contribution is 6.74. The number of nitrogens with zero attached hydrogens (tertiary/aromatic N) is 5. The van der Waals surface area contributed by atoms with E-state index in [-0.39, 0.29) is 5.04 Å². The number of hydrogen-bond donors (Lipinski definition) is 2. The highest BCUT2D eigenvalue weighted by atomic mass is 28.4. The zero-order valence-corrected chi connectivity index (χ0v) is 23.2. The second-order valence-electron chi connectivity index (χ2n) is 10.9. The number of benzene rings is 1. The Kier molecular flexibility index (Phi) is 6.21. The van der Waals surface area contributed by atoms with Gasteiger partial charge in [-0.3, -0.25) is 9.67 Å². The number of pyridine rings is 2. The fourth-order valence-electron chi connectivity index (χ4n) is 3.90. The summed E-state index contributed by atoms with van der Waals surface area (Å²) in [5.41, 5.74) is 13.1. The molecule has 0 aliphatic carbocycles. The Bertz CT molecular complexity index is 1560. The van der Waals surface area contributed by atoms with E-state index >= 15 is 0 Å². The van der Waals surface area contributed by atoms with Gasteiger partial charge in [-0.2, -0.15) is 5.10 Å². The zero-order valence-electron chi connectivity index (χ0n) is 22.2. The molecule has 9 heteroatoms. The third-order valence-corrected chi connectivity index (χ3v) is 11.6. The second kappa shape index (κ2) is 9.24. The van der Waals surface area contributed by atoms with E-state index in [4.69, 9.17) is 20.1 Å². The number of anilines is 1. The molecule has 4 heterocycles. The number of nitrogen functional groups attached to an aromatic ring is 1. The number of imidazole rings is 1. The molecule has 0 spiro atoms. The lowest BCUT2D eigenvalue weighted by Gasteiger charge is -2.36. The van der Waals surface area contributed by atoms with Crippen molar-refractivity contribution in [1.29, 1.82) is 0 Å². The van der Waals surface area contributed by atoms with Crippen molar-refractivity contribution in [1.82, 2.24) is 29.7 Å². The predicted molar refractivity (Wildman–Crippen MR) is 151 cm³/mol. The first kappa shape index (κ1) is 24.9. The van der Waals surface area contributed by atoms with Gasteiger partial charge in [0.25, 0.3) is 0 Å². The molecule has 190 valence electrons. The Labute approximate surface area is 218 Å². The van der Waals surface area contributed by atoms with Gasteiger partial charge < -0.3 is 10.2 Å². The lowest BCUT2D eigenvalue weighted by atomic mass is 10.2. The molecule has 5 rings (SSSR count). The predicted octanol–water partition coefficient (Wildman–Crippen LogP) is 6.29. The summed E-state index contributed by atoms with van der Waals surface area (Å²) in [6.07, 6.45) is 1.68. The average molecular weight is 512 g/mol. The van der Waals surface area contributed by atoms with Crippen molar-refractivity contribution in [3.8, 4) is 28.5 Å². The molecule has 0 atom stereocenters. The first-order chi connectivity index (χ1) is 17.5. The molecule has 0 amide bonds. The van der Waals surface area contributed by atoms with Crippen LogP contribution < -0.4 is 5.73 Å². The maximum Gasteiger partial charge on any atom is 0.192 e. The smallest absolute Gasteiger partial charge is 0.192 e. The average Bonchev–Trinajstić information content (AvgIpc) is 3.46. The molecule has 0 fully saturated rings. The van der Waals surface area contributed by atoms with Crippen LogP contribution in [-0.2, 0) is 11.0 Å². The van der Waals surface area contributed by atoms with Crippen molar-refractivity contribution < 1.29 is 4.43 Å². The second-order valence-corrected chi connectivity index (χ2v) is 15.7. The summed E-state index contributed by atoms with van der Waals surface area (Å²) in [5, 5.41) is 7.54. The molecular weight excluding hydrogens is 478 g/mol. The lowest BCUT2D eigenvalue weighted by molar-refractivity contribution is 0.276. The number of nitrogens with one attached hydrogen (secondary N) is 1. The summed E-state index contributed by atoms with van der Waals surface area (Å²) < 4.78 is 8.46. The topological polar surface area (TPSA) is 108 Å². The van der Waals surface area contributed by atoms with Crippen molar-refractivity contribution in [2.45, 2.75) is 52.4 Å². The lowest BCUT2D eigenvalue weighted by Crippen LogP contribution is -2.40. The normalized spacial score (nSPS) is 12.4. The van der Waals surface area contributed by atoms with Crippen LogP contribution in [0.15, 0.2) is 60.8 Å². The molecule has 4 aromatic heterocycles. The van der Waals surface area contributed by atoms with Gasteiger partial charge in [0.05, 0.1) is 17.9 Å². The molecule has 5 aromatic rings. The summed E-state index contributed by atoms with van der Waals surface area (Å²) in [6.45, 7) is 13.9. The van der Waals surface area contributed by atoms with Gasteiger partial charge in [-0.05, 0) is 73.1 Å². The molecule has 0 saturated carbocycles. The summed E-state index contributed by atoms with van der Waals surface area (Å²) in [6, 6.07) is 18.0. The van der Waals surface area contributed by atoms with Crippen molar-refractivity contribution in [2.75, 3.05) is 5.73 Å². The minimum Gasteiger partial charge on any atom is -0.413 e. The van der Waals surface area contributed by atoms with E-state index < -0.39 is 8.32 Å². The molecular formula is C28H33N7OSi. The molecule has 0 saturated heterocycles. The van der Waals surface area contributed by atoms with E-state index in [2.05, 4.69) is 73.3 Å². The van der Waals surface area contributed by atoms with E-state index in [1.165, 1.54) is 0 Å². The van der Waals surface area contributed by atoms with Crippen molar-refractivity contribution in [3.05, 3.63) is 72.1 Å². The van der Waals surface area contributed by atoms with Crippen LogP contribution in [0.1, 0.15) is 32.0 Å². The first-order valence-electron chi connectivity index (χ1n) is 12.4. The van der Waals surface area contributed by atoms with E-state index in [1.54, 1.807) is 6.20 Å². The van der Waals surface area contributed by atoms with E-state index in [0.29, 0.717) is 18.2 Å². The summed E-state index contributed by atoms with van der Waals surface area (Å²) in [5.74, 6) is 1.11. The monoisotopic (exact) mass is 511 g/mol. The standard InChI is InChI=1S/C28H33N7OSi/c1-18-16-24(34-33-18)22-13-14-23-27(31-22)35(26(32-23)21-8-7-15-30-25(21)29)20-11-9-19(10-12-20)17-36-37(5,6)28(2,3)4/h7-16H,17H2,1-6H3,(H2,29,30)(H,33,34). The largest absolute Gasteiger partial charge is 0.413 e. The number of aromatic amines is 1. The SMILES string of the molecule is Cc1cc(-c2ccc3nc(-c4cccnc4N)n(-c4ccc(CO[Si](C)(C)C(C)(C)C)cc4)c3n2)n[nH]1. The van der Waals surface area contributed by atoms with Gasteiger partial charge >= 0.3 is 0 Å². The summed E-state index contributed by atoms with van der Waals surface area (Å²) in [7, 11) is -1.84. The van der Waals surface area contributed by atoms with Crippen LogP contribution in [0.2, 0.25) is 18.1 Å². The van der Waals surface area contributed by atoms with Crippen molar-refractivity contribution >= 4 is 25.3 Å². The number of nitrogens with two attached hydrogens (primary N) is 1.